The third kappa shape index (κ3) is 2.68. The first-order valence-electron chi connectivity index (χ1n) is 5.47. The molecule has 0 aliphatic carbocycles. The van der Waals surface area contributed by atoms with Gasteiger partial charge >= 0.3 is 0 Å². The highest BCUT2D eigenvalue weighted by Gasteiger charge is 2.13. The maximum Gasteiger partial charge on any atom is 0.0996 e. The van der Waals surface area contributed by atoms with E-state index < -0.39 is 6.10 Å². The van der Waals surface area contributed by atoms with Crippen LogP contribution in [0.5, 0.6) is 0 Å². The predicted molar refractivity (Wildman–Crippen MR) is 68.1 cm³/mol. The number of nitrogens with zero attached hydrogens (tertiary/aromatic N) is 2. The number of aliphatic hydroxyl groups is 1. The third-order valence-electron chi connectivity index (χ3n) is 2.82. The molecule has 4 heteroatoms. The highest BCUT2D eigenvalue weighted by Crippen LogP contribution is 2.24. The van der Waals surface area contributed by atoms with Crippen molar-refractivity contribution in [2.75, 3.05) is 0 Å². The lowest BCUT2D eigenvalue weighted by molar-refractivity contribution is 0.170. The van der Waals surface area contributed by atoms with E-state index in [9.17, 15) is 5.11 Å². The Labute approximate surface area is 106 Å². The molecule has 0 saturated carbocycles. The minimum atomic E-state index is -0.581. The lowest BCUT2D eigenvalue weighted by Gasteiger charge is -2.12. The van der Waals surface area contributed by atoms with Crippen LogP contribution >= 0.6 is 11.6 Å². The summed E-state index contributed by atoms with van der Waals surface area (Å²) in [4.78, 5) is 3.99. The van der Waals surface area contributed by atoms with E-state index >= 15 is 0 Å². The minimum Gasteiger partial charge on any atom is -0.386 e. The molecule has 2 aromatic rings. The van der Waals surface area contributed by atoms with Gasteiger partial charge < -0.3 is 9.67 Å². The molecule has 1 N–H and O–H groups in total. The molecule has 1 heterocycles. The van der Waals surface area contributed by atoms with Gasteiger partial charge in [0.15, 0.2) is 0 Å². The van der Waals surface area contributed by atoms with Crippen molar-refractivity contribution in [3.63, 3.8) is 0 Å². The average Bonchev–Trinajstić information content (AvgIpc) is 2.68. The van der Waals surface area contributed by atoms with E-state index in [0.717, 1.165) is 16.8 Å². The molecule has 0 radical (unpaired) electrons. The second kappa shape index (κ2) is 4.90. The Hall–Kier alpha value is -1.32. The maximum absolute atomic E-state index is 10.1. The number of hydrogen-bond donors (Lipinski definition) is 1. The molecule has 1 unspecified atom stereocenters. The predicted octanol–water partition coefficient (Wildman–Crippen LogP) is 2.66. The van der Waals surface area contributed by atoms with Crippen molar-refractivity contribution in [3.8, 4) is 0 Å². The van der Waals surface area contributed by atoms with Crippen LogP contribution in [0.4, 0.5) is 0 Å². The van der Waals surface area contributed by atoms with Crippen molar-refractivity contribution in [2.24, 2.45) is 7.05 Å². The van der Waals surface area contributed by atoms with Gasteiger partial charge in [-0.1, -0.05) is 23.7 Å². The molecule has 0 aliphatic heterocycles. The highest BCUT2D eigenvalue weighted by molar-refractivity contribution is 6.31. The molecular formula is C13H15ClN2O. The molecular weight excluding hydrogens is 236 g/mol. The molecule has 0 saturated heterocycles. The quantitative estimate of drug-likeness (QED) is 0.910. The van der Waals surface area contributed by atoms with Crippen molar-refractivity contribution in [1.29, 1.82) is 0 Å². The SMILES string of the molecule is Cc1ccc(CC(O)c2cncn2C)c(Cl)c1. The Kier molecular flexibility index (Phi) is 3.50. The number of halogens is 1. The van der Waals surface area contributed by atoms with E-state index in [-0.39, 0.29) is 0 Å². The Morgan fingerprint density at radius 2 is 2.24 bits per heavy atom. The number of rotatable bonds is 3. The van der Waals surface area contributed by atoms with Gasteiger partial charge in [0.2, 0.25) is 0 Å². The van der Waals surface area contributed by atoms with E-state index in [1.807, 2.05) is 36.7 Å². The van der Waals surface area contributed by atoms with Gasteiger partial charge in [0.25, 0.3) is 0 Å². The largest absolute Gasteiger partial charge is 0.386 e. The van der Waals surface area contributed by atoms with Crippen LogP contribution in [0.15, 0.2) is 30.7 Å². The fourth-order valence-electron chi connectivity index (χ4n) is 1.82. The molecule has 1 aromatic carbocycles. The zero-order valence-corrected chi connectivity index (χ0v) is 10.6. The van der Waals surface area contributed by atoms with Crippen LogP contribution in [0.3, 0.4) is 0 Å². The summed E-state index contributed by atoms with van der Waals surface area (Å²) in [6.45, 7) is 1.99. The average molecular weight is 251 g/mol. The normalized spacial score (nSPS) is 12.7. The molecule has 90 valence electrons. The lowest BCUT2D eigenvalue weighted by atomic mass is 10.0. The van der Waals surface area contributed by atoms with Crippen LogP contribution < -0.4 is 0 Å². The summed E-state index contributed by atoms with van der Waals surface area (Å²) >= 11 is 6.14. The van der Waals surface area contributed by atoms with Crippen molar-refractivity contribution in [3.05, 3.63) is 52.6 Å². The van der Waals surface area contributed by atoms with Crippen LogP contribution in [0.1, 0.15) is 22.9 Å². The first-order valence-corrected chi connectivity index (χ1v) is 5.85. The molecule has 3 nitrogen and oxygen atoms in total. The number of imidazole rings is 1. The molecule has 0 amide bonds. The van der Waals surface area contributed by atoms with Gasteiger partial charge in [-0.25, -0.2) is 4.98 Å². The van der Waals surface area contributed by atoms with E-state index in [4.69, 9.17) is 11.6 Å². The van der Waals surface area contributed by atoms with Crippen LogP contribution in [0.2, 0.25) is 5.02 Å². The molecule has 0 bridgehead atoms. The number of aliphatic hydroxyl groups excluding tert-OH is 1. The van der Waals surface area contributed by atoms with Crippen molar-refractivity contribution >= 4 is 11.6 Å². The summed E-state index contributed by atoms with van der Waals surface area (Å²) in [7, 11) is 1.86. The first-order chi connectivity index (χ1) is 8.08. The van der Waals surface area contributed by atoms with Gasteiger partial charge in [-0.05, 0) is 24.1 Å². The van der Waals surface area contributed by atoms with Crippen molar-refractivity contribution < 1.29 is 5.11 Å². The van der Waals surface area contributed by atoms with Gasteiger partial charge in [0.05, 0.1) is 24.3 Å². The van der Waals surface area contributed by atoms with Crippen LogP contribution in [0, 0.1) is 6.92 Å². The summed E-state index contributed by atoms with van der Waals surface area (Å²) < 4.78 is 1.81. The Balaban J connectivity index is 2.19. The van der Waals surface area contributed by atoms with Crippen molar-refractivity contribution in [2.45, 2.75) is 19.4 Å². The second-order valence-electron chi connectivity index (χ2n) is 4.24. The minimum absolute atomic E-state index is 0.499. The number of benzene rings is 1. The summed E-state index contributed by atoms with van der Waals surface area (Å²) in [5.41, 5.74) is 2.86. The summed E-state index contributed by atoms with van der Waals surface area (Å²) in [5, 5.41) is 10.8. The maximum atomic E-state index is 10.1. The number of aryl methyl sites for hydroxylation is 2. The van der Waals surface area contributed by atoms with Gasteiger partial charge in [0.1, 0.15) is 0 Å². The topological polar surface area (TPSA) is 38.1 Å². The molecule has 2 rings (SSSR count). The molecule has 17 heavy (non-hydrogen) atoms. The van der Waals surface area contributed by atoms with E-state index in [2.05, 4.69) is 4.98 Å². The third-order valence-corrected chi connectivity index (χ3v) is 3.17. The summed E-state index contributed by atoms with van der Waals surface area (Å²) in [6, 6.07) is 5.86. The summed E-state index contributed by atoms with van der Waals surface area (Å²) in [5.74, 6) is 0. The smallest absolute Gasteiger partial charge is 0.0996 e. The van der Waals surface area contributed by atoms with Crippen LogP contribution in [0.25, 0.3) is 0 Å². The number of aromatic nitrogens is 2. The highest BCUT2D eigenvalue weighted by atomic mass is 35.5. The standard InChI is InChI=1S/C13H15ClN2O/c1-9-3-4-10(11(14)5-9)6-13(17)12-7-15-8-16(12)2/h3-5,7-8,13,17H,6H2,1-2H3. The molecule has 0 aliphatic rings. The second-order valence-corrected chi connectivity index (χ2v) is 4.65. The molecule has 0 spiro atoms. The molecule has 0 fully saturated rings. The first kappa shape index (κ1) is 12.1. The van der Waals surface area contributed by atoms with Crippen LogP contribution in [-0.2, 0) is 13.5 Å². The Bertz CT molecular complexity index is 522. The number of hydrogen-bond acceptors (Lipinski definition) is 2. The van der Waals surface area contributed by atoms with Crippen LogP contribution in [-0.4, -0.2) is 14.7 Å². The Morgan fingerprint density at radius 3 is 2.82 bits per heavy atom. The van der Waals surface area contributed by atoms with Gasteiger partial charge in [-0.3, -0.25) is 0 Å². The fourth-order valence-corrected chi connectivity index (χ4v) is 2.13. The lowest BCUT2D eigenvalue weighted by Crippen LogP contribution is -2.07. The zero-order chi connectivity index (χ0) is 12.4. The summed E-state index contributed by atoms with van der Waals surface area (Å²) in [6.07, 6.45) is 3.27. The van der Waals surface area contributed by atoms with E-state index in [1.165, 1.54) is 0 Å². The van der Waals surface area contributed by atoms with Gasteiger partial charge in [-0.15, -0.1) is 0 Å². The van der Waals surface area contributed by atoms with E-state index in [1.54, 1.807) is 12.5 Å². The van der Waals surface area contributed by atoms with Gasteiger partial charge in [-0.2, -0.15) is 0 Å². The van der Waals surface area contributed by atoms with E-state index in [0.29, 0.717) is 11.4 Å². The van der Waals surface area contributed by atoms with Gasteiger partial charge in [0, 0.05) is 18.5 Å². The molecule has 1 aromatic heterocycles. The molecule has 1 atom stereocenters. The zero-order valence-electron chi connectivity index (χ0n) is 9.89. The monoisotopic (exact) mass is 250 g/mol. The van der Waals surface area contributed by atoms with Crippen molar-refractivity contribution in [1.82, 2.24) is 9.55 Å². The Morgan fingerprint density at radius 1 is 1.47 bits per heavy atom. The fraction of sp³-hybridized carbons (Fsp3) is 0.308.